The Bertz CT molecular complexity index is 268. The van der Waals surface area contributed by atoms with Gasteiger partial charge >= 0.3 is 6.09 Å². The van der Waals surface area contributed by atoms with Crippen LogP contribution in [0, 0.1) is 0 Å². The van der Waals surface area contributed by atoms with E-state index in [1.54, 1.807) is 4.90 Å². The zero-order chi connectivity index (χ0) is 13.8. The average molecular weight is 257 g/mol. The molecule has 1 atom stereocenters. The van der Waals surface area contributed by atoms with Crippen LogP contribution in [0.3, 0.4) is 0 Å². The summed E-state index contributed by atoms with van der Waals surface area (Å²) < 4.78 is 5.38. The lowest BCUT2D eigenvalue weighted by molar-refractivity contribution is 0.0112. The Hall–Kier alpha value is -0.810. The molecule has 0 aromatic heterocycles. The monoisotopic (exact) mass is 257 g/mol. The molecule has 1 rings (SSSR count). The third kappa shape index (κ3) is 4.82. The lowest BCUT2D eigenvalue weighted by Crippen LogP contribution is -2.53. The molecule has 1 aliphatic rings. The zero-order valence-electron chi connectivity index (χ0n) is 12.3. The van der Waals surface area contributed by atoms with Crippen molar-refractivity contribution in [1.29, 1.82) is 0 Å². The van der Waals surface area contributed by atoms with Gasteiger partial charge in [0, 0.05) is 38.8 Å². The highest BCUT2D eigenvalue weighted by atomic mass is 16.6. The van der Waals surface area contributed by atoms with Crippen LogP contribution in [0.4, 0.5) is 4.79 Å². The van der Waals surface area contributed by atoms with E-state index in [0.29, 0.717) is 6.04 Å². The second-order valence-electron chi connectivity index (χ2n) is 5.91. The predicted octanol–water partition coefficient (Wildman–Crippen LogP) is 1.15. The fraction of sp³-hybridized carbons (Fsp3) is 0.923. The van der Waals surface area contributed by atoms with Crippen molar-refractivity contribution in [3.63, 3.8) is 0 Å². The first-order chi connectivity index (χ1) is 8.33. The first kappa shape index (κ1) is 15.2. The maximum absolute atomic E-state index is 11.9. The summed E-state index contributed by atoms with van der Waals surface area (Å²) in [6, 6.07) is 0.510. The molecule has 5 nitrogen and oxygen atoms in total. The second-order valence-corrected chi connectivity index (χ2v) is 5.91. The molecule has 1 aliphatic heterocycles. The molecule has 1 N–H and O–H groups in total. The fourth-order valence-corrected chi connectivity index (χ4v) is 2.10. The van der Waals surface area contributed by atoms with Crippen molar-refractivity contribution < 1.29 is 9.53 Å². The third-order valence-electron chi connectivity index (χ3n) is 3.09. The molecule has 0 aromatic rings. The average Bonchev–Trinajstić information content (AvgIpc) is 2.27. The van der Waals surface area contributed by atoms with E-state index in [1.165, 1.54) is 0 Å². The van der Waals surface area contributed by atoms with E-state index in [-0.39, 0.29) is 6.09 Å². The van der Waals surface area contributed by atoms with Gasteiger partial charge in [0.1, 0.15) is 5.60 Å². The summed E-state index contributed by atoms with van der Waals surface area (Å²) in [5.74, 6) is 0. The number of rotatable bonds is 3. The van der Waals surface area contributed by atoms with Gasteiger partial charge in [-0.2, -0.15) is 0 Å². The number of carbonyl (C=O) groups is 1. The van der Waals surface area contributed by atoms with Gasteiger partial charge < -0.3 is 15.0 Å². The minimum atomic E-state index is -0.409. The fourth-order valence-electron chi connectivity index (χ4n) is 2.10. The van der Waals surface area contributed by atoms with Gasteiger partial charge in [-0.05, 0) is 34.7 Å². The van der Waals surface area contributed by atoms with Crippen LogP contribution in [0.5, 0.6) is 0 Å². The van der Waals surface area contributed by atoms with Crippen LogP contribution in [0.25, 0.3) is 0 Å². The zero-order valence-corrected chi connectivity index (χ0v) is 12.3. The molecule has 0 radical (unpaired) electrons. The van der Waals surface area contributed by atoms with Gasteiger partial charge in [0.2, 0.25) is 0 Å². The Morgan fingerprint density at radius 1 is 1.28 bits per heavy atom. The molecular formula is C13H27N3O2. The molecule has 0 aliphatic carbocycles. The van der Waals surface area contributed by atoms with Crippen LogP contribution in [-0.4, -0.2) is 67.3 Å². The first-order valence-electron chi connectivity index (χ1n) is 6.70. The maximum Gasteiger partial charge on any atom is 0.410 e. The third-order valence-corrected chi connectivity index (χ3v) is 3.09. The quantitative estimate of drug-likeness (QED) is 0.824. The first-order valence-corrected chi connectivity index (χ1v) is 6.70. The molecule has 0 saturated carbocycles. The summed E-state index contributed by atoms with van der Waals surface area (Å²) in [6.07, 6.45) is -0.191. The SMILES string of the molecule is CNCC(C)N1CCN(C(=O)OC(C)(C)C)CC1. The number of nitrogens with one attached hydrogen (secondary N) is 1. The van der Waals surface area contributed by atoms with E-state index in [2.05, 4.69) is 17.1 Å². The van der Waals surface area contributed by atoms with Crippen molar-refractivity contribution in [2.75, 3.05) is 39.8 Å². The number of nitrogens with zero attached hydrogens (tertiary/aromatic N) is 2. The van der Waals surface area contributed by atoms with Crippen LogP contribution >= 0.6 is 0 Å². The molecule has 106 valence electrons. The molecule has 0 bridgehead atoms. The van der Waals surface area contributed by atoms with Crippen LogP contribution in [-0.2, 0) is 4.74 Å². The van der Waals surface area contributed by atoms with Crippen LogP contribution in [0.1, 0.15) is 27.7 Å². The Morgan fingerprint density at radius 2 is 1.83 bits per heavy atom. The summed E-state index contributed by atoms with van der Waals surface area (Å²) in [7, 11) is 1.97. The largest absolute Gasteiger partial charge is 0.444 e. The molecular weight excluding hydrogens is 230 g/mol. The minimum Gasteiger partial charge on any atom is -0.444 e. The smallest absolute Gasteiger partial charge is 0.410 e. The summed E-state index contributed by atoms with van der Waals surface area (Å²) in [4.78, 5) is 16.1. The molecule has 1 fully saturated rings. The normalized spacial score (nSPS) is 19.7. The molecule has 0 aromatic carbocycles. The molecule has 1 saturated heterocycles. The van der Waals surface area contributed by atoms with Crippen molar-refractivity contribution in [2.24, 2.45) is 0 Å². The summed E-state index contributed by atoms with van der Waals surface area (Å²) in [5.41, 5.74) is -0.409. The summed E-state index contributed by atoms with van der Waals surface area (Å²) >= 11 is 0. The minimum absolute atomic E-state index is 0.191. The number of hydrogen-bond donors (Lipinski definition) is 1. The highest BCUT2D eigenvalue weighted by Gasteiger charge is 2.27. The van der Waals surface area contributed by atoms with E-state index >= 15 is 0 Å². The molecule has 0 spiro atoms. The highest BCUT2D eigenvalue weighted by molar-refractivity contribution is 5.68. The van der Waals surface area contributed by atoms with Crippen molar-refractivity contribution in [2.45, 2.75) is 39.3 Å². The number of piperazine rings is 1. The Balaban J connectivity index is 2.37. The highest BCUT2D eigenvalue weighted by Crippen LogP contribution is 2.12. The number of amides is 1. The lowest BCUT2D eigenvalue weighted by Gasteiger charge is -2.38. The second kappa shape index (κ2) is 6.38. The molecule has 1 heterocycles. The van der Waals surface area contributed by atoms with Gasteiger partial charge in [0.25, 0.3) is 0 Å². The molecule has 1 unspecified atom stereocenters. The van der Waals surface area contributed by atoms with Gasteiger partial charge in [0.15, 0.2) is 0 Å². The van der Waals surface area contributed by atoms with Gasteiger partial charge in [-0.1, -0.05) is 0 Å². The topological polar surface area (TPSA) is 44.8 Å². The van der Waals surface area contributed by atoms with E-state index in [4.69, 9.17) is 4.74 Å². The lowest BCUT2D eigenvalue weighted by atomic mass is 10.2. The van der Waals surface area contributed by atoms with Crippen LogP contribution in [0.2, 0.25) is 0 Å². The van der Waals surface area contributed by atoms with Gasteiger partial charge in [-0.15, -0.1) is 0 Å². The van der Waals surface area contributed by atoms with Crippen molar-refractivity contribution in [3.8, 4) is 0 Å². The van der Waals surface area contributed by atoms with Crippen molar-refractivity contribution >= 4 is 6.09 Å². The van der Waals surface area contributed by atoms with Crippen LogP contribution < -0.4 is 5.32 Å². The number of ether oxygens (including phenoxy) is 1. The maximum atomic E-state index is 11.9. The van der Waals surface area contributed by atoms with Gasteiger partial charge in [-0.25, -0.2) is 4.79 Å². The number of carbonyl (C=O) groups excluding carboxylic acids is 1. The van der Waals surface area contributed by atoms with Crippen LogP contribution in [0.15, 0.2) is 0 Å². The van der Waals surface area contributed by atoms with E-state index in [0.717, 1.165) is 32.7 Å². The van der Waals surface area contributed by atoms with E-state index in [1.807, 2.05) is 27.8 Å². The van der Waals surface area contributed by atoms with E-state index < -0.39 is 5.60 Å². The van der Waals surface area contributed by atoms with Crippen molar-refractivity contribution in [3.05, 3.63) is 0 Å². The van der Waals surface area contributed by atoms with Gasteiger partial charge in [0.05, 0.1) is 0 Å². The number of hydrogen-bond acceptors (Lipinski definition) is 4. The summed E-state index contributed by atoms with van der Waals surface area (Å²) in [6.45, 7) is 12.2. The molecule has 5 heteroatoms. The predicted molar refractivity (Wildman–Crippen MR) is 72.8 cm³/mol. The Labute approximate surface area is 110 Å². The standard InChI is InChI=1S/C13H27N3O2/c1-11(10-14-5)15-6-8-16(9-7-15)12(17)18-13(2,3)4/h11,14H,6-10H2,1-5H3. The molecule has 18 heavy (non-hydrogen) atoms. The molecule has 1 amide bonds. The Kier molecular flexibility index (Phi) is 5.41. The summed E-state index contributed by atoms with van der Waals surface area (Å²) in [5, 5.41) is 3.18. The Morgan fingerprint density at radius 3 is 2.28 bits per heavy atom. The van der Waals surface area contributed by atoms with Crippen molar-refractivity contribution in [1.82, 2.24) is 15.1 Å². The number of likely N-dealkylation sites (N-methyl/N-ethyl adjacent to an activating group) is 1. The van der Waals surface area contributed by atoms with E-state index in [9.17, 15) is 4.79 Å². The van der Waals surface area contributed by atoms with Gasteiger partial charge in [-0.3, -0.25) is 4.90 Å².